The number of benzene rings is 1. The van der Waals surface area contributed by atoms with Crippen LogP contribution in [0.4, 0.5) is 5.69 Å². The smallest absolute Gasteiger partial charge is 0.284 e. The van der Waals surface area contributed by atoms with Gasteiger partial charge in [-0.2, -0.15) is 0 Å². The summed E-state index contributed by atoms with van der Waals surface area (Å²) in [4.78, 5) is 9.99. The van der Waals surface area contributed by atoms with Gasteiger partial charge in [0.15, 0.2) is 0 Å². The molecular weight excluding hydrogens is 268 g/mol. The van der Waals surface area contributed by atoms with E-state index in [2.05, 4.69) is 15.9 Å². The van der Waals surface area contributed by atoms with Crippen molar-refractivity contribution >= 4 is 21.6 Å². The number of rotatable bonds is 3. The van der Waals surface area contributed by atoms with Crippen LogP contribution in [0.3, 0.4) is 0 Å². The van der Waals surface area contributed by atoms with E-state index in [0.29, 0.717) is 0 Å². The Morgan fingerprint density at radius 2 is 2.20 bits per heavy atom. The van der Waals surface area contributed by atoms with Gasteiger partial charge in [0.05, 0.1) is 22.0 Å². The number of aliphatic hydroxyl groups excluding tert-OH is 1. The molecule has 0 aliphatic heterocycles. The molecule has 6 nitrogen and oxygen atoms in total. The standard InChI is InChI=1S/C8H9BrN2O4/c9-5-2-8(13)4(6(10)3-12)1-7(5)11(14)15/h1-2,6,12-13H,3,10H2/t6-/m0/s1. The first kappa shape index (κ1) is 11.9. The fourth-order valence-corrected chi connectivity index (χ4v) is 1.58. The fraction of sp³-hybridized carbons (Fsp3) is 0.250. The lowest BCUT2D eigenvalue weighted by atomic mass is 10.1. The summed E-state index contributed by atoms with van der Waals surface area (Å²) in [5.74, 6) is -0.186. The highest BCUT2D eigenvalue weighted by molar-refractivity contribution is 9.10. The second-order valence-corrected chi connectivity index (χ2v) is 3.76. The minimum atomic E-state index is -0.836. The molecule has 0 fully saturated rings. The van der Waals surface area contributed by atoms with Gasteiger partial charge in [0.1, 0.15) is 5.75 Å². The van der Waals surface area contributed by atoms with E-state index < -0.39 is 17.6 Å². The maximum absolute atomic E-state index is 10.6. The summed E-state index contributed by atoms with van der Waals surface area (Å²) in [6.45, 7) is -0.396. The third-order valence-corrected chi connectivity index (χ3v) is 2.52. The Balaban J connectivity index is 3.29. The number of phenolic OH excluding ortho intramolecular Hbond substituents is 1. The van der Waals surface area contributed by atoms with Crippen LogP contribution in [-0.2, 0) is 0 Å². The summed E-state index contributed by atoms with van der Waals surface area (Å²) in [5, 5.41) is 28.8. The Labute approximate surface area is 93.6 Å². The normalized spacial score (nSPS) is 12.5. The van der Waals surface area contributed by atoms with Gasteiger partial charge in [0.2, 0.25) is 0 Å². The van der Waals surface area contributed by atoms with Crippen LogP contribution in [0.25, 0.3) is 0 Å². The van der Waals surface area contributed by atoms with Crippen molar-refractivity contribution in [1.29, 1.82) is 0 Å². The number of halogens is 1. The van der Waals surface area contributed by atoms with E-state index in [1.54, 1.807) is 0 Å². The predicted molar refractivity (Wildman–Crippen MR) is 56.5 cm³/mol. The number of phenols is 1. The minimum absolute atomic E-state index is 0.146. The quantitative estimate of drug-likeness (QED) is 0.565. The number of nitro groups is 1. The average Bonchev–Trinajstić information content (AvgIpc) is 2.16. The number of nitro benzene ring substituents is 1. The third-order valence-electron chi connectivity index (χ3n) is 1.89. The van der Waals surface area contributed by atoms with E-state index in [4.69, 9.17) is 10.8 Å². The van der Waals surface area contributed by atoms with Crippen molar-refractivity contribution in [1.82, 2.24) is 0 Å². The molecule has 0 heterocycles. The molecule has 0 bridgehead atoms. The second kappa shape index (κ2) is 4.56. The molecular formula is C8H9BrN2O4. The number of nitrogens with two attached hydrogens (primary N) is 1. The van der Waals surface area contributed by atoms with Gasteiger partial charge in [-0.05, 0) is 15.9 Å². The number of aromatic hydroxyl groups is 1. The fourth-order valence-electron chi connectivity index (χ4n) is 1.10. The van der Waals surface area contributed by atoms with E-state index in [-0.39, 0.29) is 21.5 Å². The molecule has 1 rings (SSSR count). The van der Waals surface area contributed by atoms with Crippen LogP contribution in [0, 0.1) is 10.1 Å². The lowest BCUT2D eigenvalue weighted by molar-refractivity contribution is -0.385. The molecule has 0 saturated carbocycles. The third kappa shape index (κ3) is 2.44. The molecule has 82 valence electrons. The molecule has 1 aromatic rings. The maximum atomic E-state index is 10.6. The van der Waals surface area contributed by atoms with Crippen LogP contribution in [-0.4, -0.2) is 21.7 Å². The average molecular weight is 277 g/mol. The topological polar surface area (TPSA) is 110 Å². The van der Waals surface area contributed by atoms with E-state index in [1.165, 1.54) is 6.07 Å². The minimum Gasteiger partial charge on any atom is -0.508 e. The Morgan fingerprint density at radius 1 is 1.60 bits per heavy atom. The van der Waals surface area contributed by atoms with Crippen LogP contribution in [0.2, 0.25) is 0 Å². The van der Waals surface area contributed by atoms with Gasteiger partial charge >= 0.3 is 0 Å². The van der Waals surface area contributed by atoms with Crippen molar-refractivity contribution in [3.05, 3.63) is 32.3 Å². The van der Waals surface area contributed by atoms with Crippen molar-refractivity contribution in [3.8, 4) is 5.75 Å². The lowest BCUT2D eigenvalue weighted by Gasteiger charge is -2.10. The summed E-state index contributed by atoms with van der Waals surface area (Å²) in [6, 6.07) is 1.49. The number of hydrogen-bond donors (Lipinski definition) is 3. The maximum Gasteiger partial charge on any atom is 0.284 e. The molecule has 7 heteroatoms. The van der Waals surface area contributed by atoms with Gasteiger partial charge in [0.25, 0.3) is 5.69 Å². The van der Waals surface area contributed by atoms with Crippen LogP contribution in [0.5, 0.6) is 5.75 Å². The van der Waals surface area contributed by atoms with Gasteiger partial charge in [-0.1, -0.05) is 0 Å². The summed E-state index contributed by atoms with van der Waals surface area (Å²) in [6.07, 6.45) is 0. The van der Waals surface area contributed by atoms with Crippen molar-refractivity contribution in [2.75, 3.05) is 6.61 Å². The first-order valence-corrected chi connectivity index (χ1v) is 4.80. The van der Waals surface area contributed by atoms with Gasteiger partial charge in [-0.15, -0.1) is 0 Å². The van der Waals surface area contributed by atoms with Crippen LogP contribution < -0.4 is 5.73 Å². The van der Waals surface area contributed by atoms with Crippen molar-refractivity contribution in [3.63, 3.8) is 0 Å². The Bertz CT molecular complexity index is 396. The molecule has 0 saturated heterocycles. The molecule has 15 heavy (non-hydrogen) atoms. The van der Waals surface area contributed by atoms with Gasteiger partial charge in [-0.25, -0.2) is 0 Å². The first-order chi connectivity index (χ1) is 6.97. The molecule has 0 amide bonds. The number of nitrogens with zero attached hydrogens (tertiary/aromatic N) is 1. The highest BCUT2D eigenvalue weighted by Gasteiger charge is 2.19. The summed E-state index contributed by atoms with van der Waals surface area (Å²) in [5.41, 5.74) is 5.41. The van der Waals surface area contributed by atoms with E-state index in [0.717, 1.165) is 6.07 Å². The Kier molecular flexibility index (Phi) is 3.61. The molecule has 0 radical (unpaired) electrons. The summed E-state index contributed by atoms with van der Waals surface area (Å²) >= 11 is 2.95. The highest BCUT2D eigenvalue weighted by atomic mass is 79.9. The molecule has 1 atom stereocenters. The van der Waals surface area contributed by atoms with Crippen LogP contribution in [0.15, 0.2) is 16.6 Å². The zero-order chi connectivity index (χ0) is 11.6. The summed E-state index contributed by atoms with van der Waals surface area (Å²) in [7, 11) is 0. The number of hydrogen-bond acceptors (Lipinski definition) is 5. The number of aliphatic hydroxyl groups is 1. The Morgan fingerprint density at radius 3 is 2.67 bits per heavy atom. The zero-order valence-electron chi connectivity index (χ0n) is 7.55. The SMILES string of the molecule is N[C@@H](CO)c1cc([N+](=O)[O-])c(Br)cc1O. The van der Waals surface area contributed by atoms with Crippen LogP contribution >= 0.6 is 15.9 Å². The molecule has 0 aliphatic carbocycles. The van der Waals surface area contributed by atoms with Gasteiger partial charge in [0, 0.05) is 17.7 Å². The van der Waals surface area contributed by atoms with Crippen molar-refractivity contribution in [2.24, 2.45) is 5.73 Å². The lowest BCUT2D eigenvalue weighted by Crippen LogP contribution is -2.14. The Hall–Kier alpha value is -1.18. The molecule has 0 aliphatic rings. The van der Waals surface area contributed by atoms with Crippen molar-refractivity contribution < 1.29 is 15.1 Å². The molecule has 0 aromatic heterocycles. The monoisotopic (exact) mass is 276 g/mol. The summed E-state index contributed by atoms with van der Waals surface area (Å²) < 4.78 is 0.166. The van der Waals surface area contributed by atoms with Gasteiger partial charge in [-0.3, -0.25) is 10.1 Å². The highest BCUT2D eigenvalue weighted by Crippen LogP contribution is 2.34. The van der Waals surface area contributed by atoms with Crippen LogP contribution in [0.1, 0.15) is 11.6 Å². The molecule has 0 spiro atoms. The largest absolute Gasteiger partial charge is 0.508 e. The molecule has 0 unspecified atom stereocenters. The van der Waals surface area contributed by atoms with Crippen molar-refractivity contribution in [2.45, 2.75) is 6.04 Å². The molecule has 1 aromatic carbocycles. The second-order valence-electron chi connectivity index (χ2n) is 2.91. The van der Waals surface area contributed by atoms with E-state index >= 15 is 0 Å². The first-order valence-electron chi connectivity index (χ1n) is 4.00. The molecule has 4 N–H and O–H groups in total. The van der Waals surface area contributed by atoms with Gasteiger partial charge < -0.3 is 15.9 Å². The zero-order valence-corrected chi connectivity index (χ0v) is 9.14. The predicted octanol–water partition coefficient (Wildman–Crippen LogP) is 1.05. The van der Waals surface area contributed by atoms with E-state index in [1.807, 2.05) is 0 Å². The van der Waals surface area contributed by atoms with E-state index in [9.17, 15) is 15.2 Å².